The second kappa shape index (κ2) is 9.82. The van der Waals surface area contributed by atoms with Gasteiger partial charge in [-0.2, -0.15) is 4.98 Å². The second-order valence-corrected chi connectivity index (χ2v) is 7.23. The Labute approximate surface area is 169 Å². The van der Waals surface area contributed by atoms with Crippen molar-refractivity contribution in [1.29, 1.82) is 0 Å². The summed E-state index contributed by atoms with van der Waals surface area (Å²) in [6.45, 7) is 4.00. The third kappa shape index (κ3) is 6.41. The molecule has 0 aliphatic carbocycles. The van der Waals surface area contributed by atoms with E-state index in [1.807, 2.05) is 30.3 Å². The standard InChI is InChI=1S/C22H24FN3O3/c1-15(2)12-19(17-6-4-3-5-7-17)24-21(27)14-28-22-25-20(26-29-22)13-16-8-10-18(23)11-9-16/h3-11,15,19H,12-14H2,1-2H3,(H,24,27). The first kappa shape index (κ1) is 20.5. The zero-order valence-corrected chi connectivity index (χ0v) is 16.5. The van der Waals surface area contributed by atoms with Crippen LogP contribution in [-0.4, -0.2) is 22.7 Å². The third-order valence-corrected chi connectivity index (χ3v) is 4.30. The van der Waals surface area contributed by atoms with E-state index < -0.39 is 0 Å². The lowest BCUT2D eigenvalue weighted by Gasteiger charge is -2.21. The molecule has 29 heavy (non-hydrogen) atoms. The monoisotopic (exact) mass is 397 g/mol. The molecule has 1 aromatic heterocycles. The number of carbonyl (C=O) groups excluding carboxylic acids is 1. The summed E-state index contributed by atoms with van der Waals surface area (Å²) in [6.07, 6.45) is 1.12. The summed E-state index contributed by atoms with van der Waals surface area (Å²) in [4.78, 5) is 16.5. The number of benzene rings is 2. The van der Waals surface area contributed by atoms with Crippen molar-refractivity contribution in [2.45, 2.75) is 32.7 Å². The summed E-state index contributed by atoms with van der Waals surface area (Å²) in [5.41, 5.74) is 1.89. The Morgan fingerprint density at radius 1 is 1.14 bits per heavy atom. The molecule has 1 atom stereocenters. The van der Waals surface area contributed by atoms with Crippen LogP contribution in [0.4, 0.5) is 4.39 Å². The summed E-state index contributed by atoms with van der Waals surface area (Å²) in [6, 6.07) is 15.8. The van der Waals surface area contributed by atoms with Gasteiger partial charge in [-0.25, -0.2) is 4.39 Å². The zero-order valence-electron chi connectivity index (χ0n) is 16.5. The van der Waals surface area contributed by atoms with E-state index in [-0.39, 0.29) is 30.4 Å². The molecule has 2 aromatic carbocycles. The average Bonchev–Trinajstić information content (AvgIpc) is 3.15. The predicted molar refractivity (Wildman–Crippen MR) is 106 cm³/mol. The molecule has 3 aromatic rings. The lowest BCUT2D eigenvalue weighted by atomic mass is 9.97. The van der Waals surface area contributed by atoms with Crippen LogP contribution in [0.5, 0.6) is 6.08 Å². The highest BCUT2D eigenvalue weighted by atomic mass is 19.1. The molecule has 1 N–H and O–H groups in total. The van der Waals surface area contributed by atoms with Gasteiger partial charge in [0.25, 0.3) is 5.91 Å². The van der Waals surface area contributed by atoms with Gasteiger partial charge in [0, 0.05) is 6.42 Å². The van der Waals surface area contributed by atoms with Gasteiger partial charge in [0.1, 0.15) is 5.82 Å². The van der Waals surface area contributed by atoms with Gasteiger partial charge in [-0.3, -0.25) is 9.32 Å². The lowest BCUT2D eigenvalue weighted by molar-refractivity contribution is -0.124. The fourth-order valence-corrected chi connectivity index (χ4v) is 2.95. The summed E-state index contributed by atoms with van der Waals surface area (Å²) >= 11 is 0. The van der Waals surface area contributed by atoms with Crippen LogP contribution in [-0.2, 0) is 11.2 Å². The Kier molecular flexibility index (Phi) is 6.94. The van der Waals surface area contributed by atoms with Gasteiger partial charge in [-0.15, -0.1) is 0 Å². The number of aromatic nitrogens is 2. The predicted octanol–water partition coefficient (Wildman–Crippen LogP) is 4.08. The minimum Gasteiger partial charge on any atom is -0.439 e. The molecule has 6 nitrogen and oxygen atoms in total. The molecule has 0 saturated heterocycles. The first-order valence-electron chi connectivity index (χ1n) is 9.53. The Morgan fingerprint density at radius 2 is 1.86 bits per heavy atom. The lowest BCUT2D eigenvalue weighted by Crippen LogP contribution is -2.33. The van der Waals surface area contributed by atoms with Crippen molar-refractivity contribution >= 4 is 5.91 Å². The largest absolute Gasteiger partial charge is 0.439 e. The first-order valence-corrected chi connectivity index (χ1v) is 9.53. The van der Waals surface area contributed by atoms with Gasteiger partial charge < -0.3 is 10.1 Å². The molecule has 7 heteroatoms. The van der Waals surface area contributed by atoms with Crippen LogP contribution in [0.25, 0.3) is 0 Å². The number of amides is 1. The maximum atomic E-state index is 13.0. The van der Waals surface area contributed by atoms with E-state index in [1.54, 1.807) is 12.1 Å². The summed E-state index contributed by atoms with van der Waals surface area (Å²) in [5, 5.41) is 6.82. The quantitative estimate of drug-likeness (QED) is 0.589. The molecule has 0 bridgehead atoms. The molecule has 0 radical (unpaired) electrons. The number of nitrogens with zero attached hydrogens (tertiary/aromatic N) is 2. The zero-order chi connectivity index (χ0) is 20.6. The number of hydrogen-bond acceptors (Lipinski definition) is 5. The van der Waals surface area contributed by atoms with E-state index in [0.717, 1.165) is 17.5 Å². The van der Waals surface area contributed by atoms with E-state index in [9.17, 15) is 9.18 Å². The van der Waals surface area contributed by atoms with Gasteiger partial charge in [0.2, 0.25) is 0 Å². The van der Waals surface area contributed by atoms with Crippen LogP contribution in [0.1, 0.15) is 43.3 Å². The van der Waals surface area contributed by atoms with Crippen molar-refractivity contribution in [3.05, 3.63) is 77.4 Å². The van der Waals surface area contributed by atoms with E-state index in [0.29, 0.717) is 18.2 Å². The second-order valence-electron chi connectivity index (χ2n) is 7.23. The molecule has 1 heterocycles. The molecule has 1 unspecified atom stereocenters. The number of halogens is 1. The molecular weight excluding hydrogens is 373 g/mol. The molecule has 0 aliphatic rings. The van der Waals surface area contributed by atoms with Crippen molar-refractivity contribution < 1.29 is 18.4 Å². The Hall–Kier alpha value is -3.22. The van der Waals surface area contributed by atoms with E-state index in [4.69, 9.17) is 9.26 Å². The topological polar surface area (TPSA) is 77.2 Å². The SMILES string of the molecule is CC(C)CC(NC(=O)COc1nc(Cc2ccc(F)cc2)no1)c1ccccc1. The van der Waals surface area contributed by atoms with Crippen molar-refractivity contribution in [2.75, 3.05) is 6.61 Å². The maximum absolute atomic E-state index is 13.0. The van der Waals surface area contributed by atoms with Crippen LogP contribution in [0, 0.1) is 11.7 Å². The molecule has 0 spiro atoms. The number of hydrogen-bond donors (Lipinski definition) is 1. The Bertz CT molecular complexity index is 911. The molecule has 0 fully saturated rings. The Balaban J connectivity index is 1.53. The summed E-state index contributed by atoms with van der Waals surface area (Å²) < 4.78 is 23.3. The number of ether oxygens (including phenoxy) is 1. The number of rotatable bonds is 9. The van der Waals surface area contributed by atoms with Gasteiger partial charge >= 0.3 is 6.08 Å². The highest BCUT2D eigenvalue weighted by Crippen LogP contribution is 2.21. The molecule has 3 rings (SSSR count). The molecule has 1 amide bonds. The van der Waals surface area contributed by atoms with Crippen LogP contribution >= 0.6 is 0 Å². The van der Waals surface area contributed by atoms with E-state index >= 15 is 0 Å². The van der Waals surface area contributed by atoms with Crippen LogP contribution < -0.4 is 10.1 Å². The van der Waals surface area contributed by atoms with Gasteiger partial charge in [-0.05, 0) is 35.6 Å². The highest BCUT2D eigenvalue weighted by Gasteiger charge is 2.17. The van der Waals surface area contributed by atoms with Crippen LogP contribution in [0.2, 0.25) is 0 Å². The van der Waals surface area contributed by atoms with Crippen molar-refractivity contribution in [3.63, 3.8) is 0 Å². The minimum atomic E-state index is -0.303. The first-order chi connectivity index (χ1) is 14.0. The summed E-state index contributed by atoms with van der Waals surface area (Å²) in [7, 11) is 0. The summed E-state index contributed by atoms with van der Waals surface area (Å²) in [5.74, 6) is 0.251. The fourth-order valence-electron chi connectivity index (χ4n) is 2.95. The smallest absolute Gasteiger partial charge is 0.417 e. The van der Waals surface area contributed by atoms with Gasteiger partial charge in [0.15, 0.2) is 12.4 Å². The van der Waals surface area contributed by atoms with Crippen molar-refractivity contribution in [3.8, 4) is 6.08 Å². The Morgan fingerprint density at radius 3 is 2.55 bits per heavy atom. The van der Waals surface area contributed by atoms with E-state index in [2.05, 4.69) is 29.3 Å². The van der Waals surface area contributed by atoms with Gasteiger partial charge in [0.05, 0.1) is 6.04 Å². The van der Waals surface area contributed by atoms with Crippen molar-refractivity contribution in [1.82, 2.24) is 15.5 Å². The van der Waals surface area contributed by atoms with E-state index in [1.165, 1.54) is 12.1 Å². The third-order valence-electron chi connectivity index (χ3n) is 4.30. The molecule has 152 valence electrons. The molecule has 0 saturated carbocycles. The number of carbonyl (C=O) groups is 1. The minimum absolute atomic E-state index is 0.0719. The highest BCUT2D eigenvalue weighted by molar-refractivity contribution is 5.77. The number of nitrogens with one attached hydrogen (secondary N) is 1. The molecular formula is C22H24FN3O3. The van der Waals surface area contributed by atoms with Gasteiger partial charge in [-0.1, -0.05) is 61.5 Å². The fraction of sp³-hybridized carbons (Fsp3) is 0.318. The normalized spacial score (nSPS) is 12.0. The van der Waals surface area contributed by atoms with Crippen molar-refractivity contribution in [2.24, 2.45) is 5.92 Å². The maximum Gasteiger partial charge on any atom is 0.417 e. The van der Waals surface area contributed by atoms with Crippen LogP contribution in [0.3, 0.4) is 0 Å². The van der Waals surface area contributed by atoms with Crippen LogP contribution in [0.15, 0.2) is 59.1 Å². The molecule has 0 aliphatic heterocycles. The average molecular weight is 397 g/mol.